The molecule has 3 aromatic rings. The van der Waals surface area contributed by atoms with Gasteiger partial charge in [0.25, 0.3) is 5.91 Å². The minimum absolute atomic E-state index is 0.0283. The van der Waals surface area contributed by atoms with Crippen molar-refractivity contribution in [2.24, 2.45) is 0 Å². The lowest BCUT2D eigenvalue weighted by Gasteiger charge is -2.20. The van der Waals surface area contributed by atoms with Gasteiger partial charge in [-0.3, -0.25) is 4.79 Å². The van der Waals surface area contributed by atoms with Crippen LogP contribution in [0.15, 0.2) is 78.9 Å². The van der Waals surface area contributed by atoms with Gasteiger partial charge < -0.3 is 19.9 Å². The Kier molecular flexibility index (Phi) is 8.07. The molecule has 0 unspecified atom stereocenters. The molecule has 5 heteroatoms. The van der Waals surface area contributed by atoms with Crippen LogP contribution in [-0.2, 0) is 6.61 Å². The normalized spacial score (nSPS) is 12.6. The summed E-state index contributed by atoms with van der Waals surface area (Å²) in [6.45, 7) is 2.61. The molecule has 0 fully saturated rings. The summed E-state index contributed by atoms with van der Waals surface area (Å²) in [6, 6.07) is 24.9. The van der Waals surface area contributed by atoms with Gasteiger partial charge in [-0.25, -0.2) is 0 Å². The zero-order valence-corrected chi connectivity index (χ0v) is 18.0. The van der Waals surface area contributed by atoms with E-state index >= 15 is 0 Å². The van der Waals surface area contributed by atoms with Crippen LogP contribution >= 0.6 is 0 Å². The molecule has 31 heavy (non-hydrogen) atoms. The first kappa shape index (κ1) is 22.4. The van der Waals surface area contributed by atoms with Gasteiger partial charge in [-0.05, 0) is 42.7 Å². The Morgan fingerprint density at radius 2 is 1.65 bits per heavy atom. The summed E-state index contributed by atoms with van der Waals surface area (Å²) in [5, 5.41) is 12.8. The molecule has 0 saturated carbocycles. The molecule has 0 aliphatic heterocycles. The number of carbonyl (C=O) groups is 1. The number of benzene rings is 3. The molecule has 1 amide bonds. The predicted octanol–water partition coefficient (Wildman–Crippen LogP) is 4.56. The Balaban J connectivity index is 1.65. The van der Waals surface area contributed by atoms with Gasteiger partial charge in [-0.15, -0.1) is 0 Å². The first-order valence-electron chi connectivity index (χ1n) is 10.4. The number of hydrogen-bond donors (Lipinski definition) is 2. The van der Waals surface area contributed by atoms with E-state index in [-0.39, 0.29) is 11.8 Å². The van der Waals surface area contributed by atoms with Gasteiger partial charge in [0.15, 0.2) is 11.5 Å². The third-order valence-electron chi connectivity index (χ3n) is 5.07. The first-order chi connectivity index (χ1) is 15.1. The predicted molar refractivity (Wildman–Crippen MR) is 122 cm³/mol. The number of hydrogen-bond acceptors (Lipinski definition) is 4. The highest BCUT2D eigenvalue weighted by Gasteiger charge is 2.17. The topological polar surface area (TPSA) is 67.8 Å². The molecule has 0 saturated heterocycles. The molecule has 5 nitrogen and oxygen atoms in total. The third-order valence-corrected chi connectivity index (χ3v) is 5.07. The van der Waals surface area contributed by atoms with Crippen LogP contribution in [0.25, 0.3) is 0 Å². The van der Waals surface area contributed by atoms with E-state index in [0.29, 0.717) is 36.6 Å². The minimum Gasteiger partial charge on any atom is -0.493 e. The monoisotopic (exact) mass is 419 g/mol. The van der Waals surface area contributed by atoms with Gasteiger partial charge in [-0.2, -0.15) is 0 Å². The van der Waals surface area contributed by atoms with Crippen LogP contribution < -0.4 is 14.8 Å². The van der Waals surface area contributed by atoms with Crippen molar-refractivity contribution in [3.8, 4) is 11.5 Å². The average Bonchev–Trinajstić information content (AvgIpc) is 2.81. The van der Waals surface area contributed by atoms with Crippen molar-refractivity contribution in [2.45, 2.75) is 32.0 Å². The van der Waals surface area contributed by atoms with E-state index < -0.39 is 6.10 Å². The zero-order valence-electron chi connectivity index (χ0n) is 18.0. The Hall–Kier alpha value is -3.31. The molecule has 0 aliphatic rings. The van der Waals surface area contributed by atoms with E-state index in [1.165, 1.54) is 0 Å². The second-order valence-corrected chi connectivity index (χ2v) is 7.54. The molecular weight excluding hydrogens is 390 g/mol. The van der Waals surface area contributed by atoms with E-state index in [1.807, 2.05) is 60.7 Å². The maximum Gasteiger partial charge on any atom is 0.251 e. The summed E-state index contributed by atoms with van der Waals surface area (Å²) >= 11 is 0. The highest BCUT2D eigenvalue weighted by atomic mass is 16.5. The molecule has 0 bridgehead atoms. The Morgan fingerprint density at radius 3 is 2.29 bits per heavy atom. The SMILES string of the molecule is COc1cc(C(=O)NC[C@H](C[C@@H](C)O)c2ccccc2)ccc1OCc1ccccc1. The number of aliphatic hydroxyl groups is 1. The zero-order chi connectivity index (χ0) is 22.1. The minimum atomic E-state index is -0.455. The van der Waals surface area contributed by atoms with Crippen LogP contribution in [0.4, 0.5) is 0 Å². The summed E-state index contributed by atoms with van der Waals surface area (Å²) in [6.07, 6.45) is 0.114. The number of methoxy groups -OCH3 is 1. The van der Waals surface area contributed by atoms with Crippen molar-refractivity contribution in [2.75, 3.05) is 13.7 Å². The molecule has 0 radical (unpaired) electrons. The number of aliphatic hydroxyl groups excluding tert-OH is 1. The number of ether oxygens (including phenoxy) is 2. The van der Waals surface area contributed by atoms with Crippen LogP contribution in [0.3, 0.4) is 0 Å². The van der Waals surface area contributed by atoms with Gasteiger partial charge >= 0.3 is 0 Å². The molecule has 2 N–H and O–H groups in total. The average molecular weight is 420 g/mol. The van der Waals surface area contributed by atoms with Gasteiger partial charge in [0.1, 0.15) is 6.61 Å². The summed E-state index contributed by atoms with van der Waals surface area (Å²) in [7, 11) is 1.56. The molecular formula is C26H29NO4. The Morgan fingerprint density at radius 1 is 0.968 bits per heavy atom. The van der Waals surface area contributed by atoms with Crippen LogP contribution in [0.5, 0.6) is 11.5 Å². The third kappa shape index (κ3) is 6.59. The molecule has 2 atom stereocenters. The quantitative estimate of drug-likeness (QED) is 0.506. The fourth-order valence-electron chi connectivity index (χ4n) is 3.46. The number of amides is 1. The molecule has 3 aromatic carbocycles. The molecule has 0 spiro atoms. The second-order valence-electron chi connectivity index (χ2n) is 7.54. The van der Waals surface area contributed by atoms with Crippen molar-refractivity contribution >= 4 is 5.91 Å². The van der Waals surface area contributed by atoms with E-state index in [0.717, 1.165) is 11.1 Å². The number of rotatable bonds is 10. The highest BCUT2D eigenvalue weighted by molar-refractivity contribution is 5.94. The number of carbonyl (C=O) groups excluding carboxylic acids is 1. The number of nitrogens with one attached hydrogen (secondary N) is 1. The van der Waals surface area contributed by atoms with Crippen molar-refractivity contribution in [3.05, 3.63) is 95.6 Å². The first-order valence-corrected chi connectivity index (χ1v) is 10.4. The van der Waals surface area contributed by atoms with E-state index in [2.05, 4.69) is 5.32 Å². The lowest BCUT2D eigenvalue weighted by molar-refractivity contribution is 0.0945. The largest absolute Gasteiger partial charge is 0.493 e. The van der Waals surface area contributed by atoms with E-state index in [1.54, 1.807) is 32.2 Å². The summed E-state index contributed by atoms with van der Waals surface area (Å²) < 4.78 is 11.3. The summed E-state index contributed by atoms with van der Waals surface area (Å²) in [5.41, 5.74) is 2.63. The maximum absolute atomic E-state index is 12.8. The molecule has 0 aromatic heterocycles. The standard InChI is InChI=1S/C26H29NO4/c1-19(28)15-23(21-11-7-4-8-12-21)17-27-26(29)22-13-14-24(25(16-22)30-2)31-18-20-9-5-3-6-10-20/h3-14,16,19,23,28H,15,17-18H2,1-2H3,(H,27,29)/t19-,23+/m1/s1. The maximum atomic E-state index is 12.8. The smallest absolute Gasteiger partial charge is 0.251 e. The van der Waals surface area contributed by atoms with E-state index in [9.17, 15) is 9.90 Å². The molecule has 3 rings (SSSR count). The van der Waals surface area contributed by atoms with Crippen LogP contribution in [0.2, 0.25) is 0 Å². The van der Waals surface area contributed by atoms with Crippen LogP contribution in [0, 0.1) is 0 Å². The second kappa shape index (κ2) is 11.2. The highest BCUT2D eigenvalue weighted by Crippen LogP contribution is 2.29. The fraction of sp³-hybridized carbons (Fsp3) is 0.269. The van der Waals surface area contributed by atoms with Crippen LogP contribution in [0.1, 0.15) is 40.7 Å². The van der Waals surface area contributed by atoms with Crippen LogP contribution in [-0.4, -0.2) is 30.8 Å². The Labute approximate surface area is 183 Å². The van der Waals surface area contributed by atoms with Crippen molar-refractivity contribution < 1.29 is 19.4 Å². The van der Waals surface area contributed by atoms with Gasteiger partial charge in [-0.1, -0.05) is 60.7 Å². The van der Waals surface area contributed by atoms with E-state index in [4.69, 9.17) is 9.47 Å². The van der Waals surface area contributed by atoms with Gasteiger partial charge in [0, 0.05) is 18.0 Å². The molecule has 0 heterocycles. The summed E-state index contributed by atoms with van der Waals surface area (Å²) in [4.78, 5) is 12.8. The van der Waals surface area contributed by atoms with Gasteiger partial charge in [0.05, 0.1) is 13.2 Å². The fourth-order valence-corrected chi connectivity index (χ4v) is 3.46. The van der Waals surface area contributed by atoms with Gasteiger partial charge in [0.2, 0.25) is 0 Å². The summed E-state index contributed by atoms with van der Waals surface area (Å²) in [5.74, 6) is 0.922. The lowest BCUT2D eigenvalue weighted by atomic mass is 9.93. The Bertz CT molecular complexity index is 958. The lowest BCUT2D eigenvalue weighted by Crippen LogP contribution is -2.29. The molecule has 0 aliphatic carbocycles. The van der Waals surface area contributed by atoms with Crippen molar-refractivity contribution in [3.63, 3.8) is 0 Å². The molecule has 162 valence electrons. The van der Waals surface area contributed by atoms with Crippen molar-refractivity contribution in [1.29, 1.82) is 0 Å². The van der Waals surface area contributed by atoms with Crippen molar-refractivity contribution in [1.82, 2.24) is 5.32 Å².